The molecule has 0 aromatic heterocycles. The van der Waals surface area contributed by atoms with Gasteiger partial charge in [-0.3, -0.25) is 0 Å². The normalized spacial score (nSPS) is 17.6. The van der Waals surface area contributed by atoms with Crippen LogP contribution in [0.3, 0.4) is 0 Å². The van der Waals surface area contributed by atoms with Gasteiger partial charge in [-0.15, -0.1) is 0 Å². The zero-order chi connectivity index (χ0) is 22.7. The van der Waals surface area contributed by atoms with E-state index in [1.807, 2.05) is 38.1 Å². The Morgan fingerprint density at radius 3 is 2.38 bits per heavy atom. The summed E-state index contributed by atoms with van der Waals surface area (Å²) in [4.78, 5) is 0.222. The summed E-state index contributed by atoms with van der Waals surface area (Å²) in [5, 5.41) is 0. The summed E-state index contributed by atoms with van der Waals surface area (Å²) in [6.07, 6.45) is -0.558. The maximum Gasteiger partial charge on any atom is 0.244 e. The highest BCUT2D eigenvalue weighted by atomic mass is 32.2. The lowest BCUT2D eigenvalue weighted by Gasteiger charge is -2.19. The molecule has 1 heterocycles. The van der Waals surface area contributed by atoms with Crippen LogP contribution in [0.2, 0.25) is 0 Å². The second-order valence-electron chi connectivity index (χ2n) is 7.93. The minimum Gasteiger partial charge on any atom is -0.363 e. The summed E-state index contributed by atoms with van der Waals surface area (Å²) in [5.74, 6) is 5.74. The fourth-order valence-electron chi connectivity index (χ4n) is 3.49. The molecule has 3 aromatic carbocycles. The summed E-state index contributed by atoms with van der Waals surface area (Å²) >= 11 is 0. The first-order valence-corrected chi connectivity index (χ1v) is 11.8. The van der Waals surface area contributed by atoms with E-state index in [1.165, 1.54) is 16.4 Å². The molecule has 2 unspecified atom stereocenters. The average Bonchev–Trinajstić information content (AvgIpc) is 3.53. The summed E-state index contributed by atoms with van der Waals surface area (Å²) in [5.41, 5.74) is 3.74. The summed E-state index contributed by atoms with van der Waals surface area (Å²) in [7, 11) is -3.76. The first-order chi connectivity index (χ1) is 15.3. The van der Waals surface area contributed by atoms with Gasteiger partial charge in [0.05, 0.1) is 11.4 Å². The molecule has 0 amide bonds. The molecule has 164 valence electrons. The first-order valence-electron chi connectivity index (χ1n) is 10.4. The molecule has 6 heteroatoms. The predicted octanol–water partition coefficient (Wildman–Crippen LogP) is 4.63. The Bertz CT molecular complexity index is 1260. The fraction of sp³-hybridized carbons (Fsp3) is 0.231. The highest BCUT2D eigenvalue weighted by molar-refractivity contribution is 7.89. The molecule has 0 radical (unpaired) electrons. The van der Waals surface area contributed by atoms with Gasteiger partial charge in [0.1, 0.15) is 18.0 Å². The largest absolute Gasteiger partial charge is 0.363 e. The Kier molecular flexibility index (Phi) is 6.43. The van der Waals surface area contributed by atoms with Crippen LogP contribution in [-0.4, -0.2) is 31.9 Å². The molecule has 3 aromatic rings. The number of ether oxygens (including phenoxy) is 1. The van der Waals surface area contributed by atoms with Crippen LogP contribution < -0.4 is 0 Å². The van der Waals surface area contributed by atoms with Crippen LogP contribution in [0, 0.1) is 31.5 Å². The van der Waals surface area contributed by atoms with Crippen LogP contribution in [0.4, 0.5) is 4.39 Å². The van der Waals surface area contributed by atoms with Crippen LogP contribution in [0.25, 0.3) is 0 Å². The second kappa shape index (κ2) is 9.25. The Morgan fingerprint density at radius 1 is 0.969 bits per heavy atom. The standard InChI is InChI=1S/C26H24FNO3S/c1-19-8-14-24(15-9-19)32(29,30)28(16-4-7-21-6-3-5-20(2)17-21)18-25-26(31-25)22-10-12-23(27)13-11-22/h3,5-6,8-15,17,25-26H,16,18H2,1-2H3. The lowest BCUT2D eigenvalue weighted by Crippen LogP contribution is -2.35. The van der Waals surface area contributed by atoms with Crippen molar-refractivity contribution in [1.82, 2.24) is 4.31 Å². The summed E-state index contributed by atoms with van der Waals surface area (Å²) < 4.78 is 47.0. The number of nitrogens with zero attached hydrogens (tertiary/aromatic N) is 1. The molecule has 0 N–H and O–H groups in total. The van der Waals surface area contributed by atoms with E-state index < -0.39 is 10.0 Å². The molecule has 0 saturated carbocycles. The molecule has 1 aliphatic rings. The van der Waals surface area contributed by atoms with Gasteiger partial charge in [-0.05, 0) is 61.4 Å². The van der Waals surface area contributed by atoms with Gasteiger partial charge in [-0.2, -0.15) is 4.31 Å². The number of sulfonamides is 1. The Hall–Kier alpha value is -2.98. The third-order valence-electron chi connectivity index (χ3n) is 5.33. The Labute approximate surface area is 188 Å². The maximum atomic E-state index is 13.3. The first kappa shape index (κ1) is 22.2. The molecular formula is C26H24FNO3S. The minimum absolute atomic E-state index is 0.0418. The number of hydrogen-bond acceptors (Lipinski definition) is 3. The molecule has 0 aliphatic carbocycles. The molecule has 1 aliphatic heterocycles. The molecule has 4 nitrogen and oxygen atoms in total. The molecule has 0 spiro atoms. The zero-order valence-corrected chi connectivity index (χ0v) is 18.8. The van der Waals surface area contributed by atoms with Crippen LogP contribution >= 0.6 is 0 Å². The van der Waals surface area contributed by atoms with Crippen molar-refractivity contribution in [3.05, 3.63) is 101 Å². The molecule has 1 fully saturated rings. The Balaban J connectivity index is 1.55. The van der Waals surface area contributed by atoms with E-state index in [0.29, 0.717) is 0 Å². The summed E-state index contributed by atoms with van der Waals surface area (Å²) in [6, 6.07) is 20.6. The minimum atomic E-state index is -3.76. The lowest BCUT2D eigenvalue weighted by atomic mass is 10.1. The Morgan fingerprint density at radius 2 is 1.69 bits per heavy atom. The topological polar surface area (TPSA) is 49.9 Å². The van der Waals surface area contributed by atoms with Crippen molar-refractivity contribution >= 4 is 10.0 Å². The van der Waals surface area contributed by atoms with Crippen LogP contribution in [-0.2, 0) is 14.8 Å². The quantitative estimate of drug-likeness (QED) is 0.407. The SMILES string of the molecule is Cc1ccc(S(=O)(=O)N(CC#Cc2cccc(C)c2)CC2OC2c2ccc(F)cc2)cc1. The average molecular weight is 450 g/mol. The number of benzene rings is 3. The smallest absolute Gasteiger partial charge is 0.244 e. The number of aryl methyl sites for hydroxylation is 2. The zero-order valence-electron chi connectivity index (χ0n) is 18.0. The molecule has 4 rings (SSSR count). The predicted molar refractivity (Wildman–Crippen MR) is 122 cm³/mol. The molecule has 1 saturated heterocycles. The van der Waals surface area contributed by atoms with Gasteiger partial charge in [0, 0.05) is 12.1 Å². The number of rotatable bonds is 6. The van der Waals surface area contributed by atoms with E-state index in [0.717, 1.165) is 22.3 Å². The van der Waals surface area contributed by atoms with E-state index in [9.17, 15) is 12.8 Å². The van der Waals surface area contributed by atoms with E-state index in [1.54, 1.807) is 36.4 Å². The van der Waals surface area contributed by atoms with Crippen molar-refractivity contribution in [2.24, 2.45) is 0 Å². The van der Waals surface area contributed by atoms with Crippen molar-refractivity contribution in [1.29, 1.82) is 0 Å². The van der Waals surface area contributed by atoms with Gasteiger partial charge >= 0.3 is 0 Å². The van der Waals surface area contributed by atoms with Crippen LogP contribution in [0.1, 0.15) is 28.4 Å². The van der Waals surface area contributed by atoms with Crippen molar-refractivity contribution < 1.29 is 17.5 Å². The monoisotopic (exact) mass is 449 g/mol. The number of halogens is 1. The van der Waals surface area contributed by atoms with E-state index >= 15 is 0 Å². The van der Waals surface area contributed by atoms with Crippen LogP contribution in [0.15, 0.2) is 77.7 Å². The fourth-order valence-corrected chi connectivity index (χ4v) is 4.84. The van der Waals surface area contributed by atoms with Gasteiger partial charge < -0.3 is 4.74 Å². The highest BCUT2D eigenvalue weighted by Crippen LogP contribution is 2.39. The molecule has 0 bridgehead atoms. The molecular weight excluding hydrogens is 425 g/mol. The third-order valence-corrected chi connectivity index (χ3v) is 7.16. The van der Waals surface area contributed by atoms with Crippen molar-refractivity contribution in [3.8, 4) is 11.8 Å². The van der Waals surface area contributed by atoms with Gasteiger partial charge in [-0.25, -0.2) is 12.8 Å². The maximum absolute atomic E-state index is 13.3. The summed E-state index contributed by atoms with van der Waals surface area (Å²) in [6.45, 7) is 4.10. The van der Waals surface area contributed by atoms with Crippen molar-refractivity contribution in [2.45, 2.75) is 31.0 Å². The van der Waals surface area contributed by atoms with E-state index in [-0.39, 0.29) is 36.0 Å². The van der Waals surface area contributed by atoms with Gasteiger partial charge in [0.25, 0.3) is 0 Å². The second-order valence-corrected chi connectivity index (χ2v) is 9.87. The van der Waals surface area contributed by atoms with Gasteiger partial charge in [0.2, 0.25) is 10.0 Å². The van der Waals surface area contributed by atoms with E-state index in [4.69, 9.17) is 4.74 Å². The molecule has 2 atom stereocenters. The van der Waals surface area contributed by atoms with E-state index in [2.05, 4.69) is 11.8 Å². The van der Waals surface area contributed by atoms with Gasteiger partial charge in [-0.1, -0.05) is 53.8 Å². The molecule has 32 heavy (non-hydrogen) atoms. The van der Waals surface area contributed by atoms with Crippen molar-refractivity contribution in [2.75, 3.05) is 13.1 Å². The van der Waals surface area contributed by atoms with Crippen molar-refractivity contribution in [3.63, 3.8) is 0 Å². The lowest BCUT2D eigenvalue weighted by molar-refractivity contribution is 0.335. The van der Waals surface area contributed by atoms with Crippen LogP contribution in [0.5, 0.6) is 0 Å². The third kappa shape index (κ3) is 5.25. The number of epoxide rings is 1. The van der Waals surface area contributed by atoms with Gasteiger partial charge in [0.15, 0.2) is 0 Å². The highest BCUT2D eigenvalue weighted by Gasteiger charge is 2.43. The number of hydrogen-bond donors (Lipinski definition) is 0.